The van der Waals surface area contributed by atoms with Crippen LogP contribution in [0.5, 0.6) is 0 Å². The molecular formula is C19H28N2O5S. The van der Waals surface area contributed by atoms with Crippen LogP contribution >= 0.6 is 0 Å². The van der Waals surface area contributed by atoms with E-state index in [0.717, 1.165) is 0 Å². The zero-order valence-electron chi connectivity index (χ0n) is 16.3. The summed E-state index contributed by atoms with van der Waals surface area (Å²) in [5, 5.41) is 2.97. The van der Waals surface area contributed by atoms with Crippen LogP contribution in [0, 0.1) is 0 Å². The van der Waals surface area contributed by atoms with E-state index in [9.17, 15) is 18.0 Å². The van der Waals surface area contributed by atoms with Gasteiger partial charge in [-0.05, 0) is 51.3 Å². The first kappa shape index (κ1) is 21.2. The number of carbonyl (C=O) groups excluding carboxylic acids is 2. The third kappa shape index (κ3) is 7.21. The fraction of sp³-hybridized carbons (Fsp3) is 0.579. The Bertz CT molecular complexity index is 773. The van der Waals surface area contributed by atoms with Crippen LogP contribution in [0.25, 0.3) is 0 Å². The molecule has 27 heavy (non-hydrogen) atoms. The second kappa shape index (κ2) is 8.29. The molecule has 150 valence electrons. The van der Waals surface area contributed by atoms with Gasteiger partial charge in [-0.2, -0.15) is 0 Å². The predicted molar refractivity (Wildman–Crippen MR) is 103 cm³/mol. The standard InChI is InChI=1S/C19H28N2O5S/c1-19(2,3)26-18(23)21-11-9-16(10-12-21)20-17(22)15-7-5-14(6-8-15)13-27(4,24)25/h5-8,16H,9-13H2,1-4H3,(H,20,22). The van der Waals surface area contributed by atoms with E-state index in [-0.39, 0.29) is 23.8 Å². The van der Waals surface area contributed by atoms with Crippen LogP contribution in [0.3, 0.4) is 0 Å². The molecule has 1 saturated heterocycles. The minimum absolute atomic E-state index is 0.00752. The normalized spacial score (nSPS) is 16.1. The van der Waals surface area contributed by atoms with Gasteiger partial charge in [0.15, 0.2) is 9.84 Å². The summed E-state index contributed by atoms with van der Waals surface area (Å²) in [6.45, 7) is 6.57. The topological polar surface area (TPSA) is 92.8 Å². The maximum Gasteiger partial charge on any atom is 0.410 e. The predicted octanol–water partition coefficient (Wildman–Crippen LogP) is 2.36. The molecule has 7 nitrogen and oxygen atoms in total. The second-order valence-corrected chi connectivity index (χ2v) is 10.1. The van der Waals surface area contributed by atoms with Crippen LogP contribution in [-0.2, 0) is 20.3 Å². The third-order valence-electron chi connectivity index (χ3n) is 4.13. The van der Waals surface area contributed by atoms with Crippen LogP contribution in [-0.4, -0.2) is 56.3 Å². The molecule has 1 heterocycles. The van der Waals surface area contributed by atoms with Crippen molar-refractivity contribution in [1.29, 1.82) is 0 Å². The lowest BCUT2D eigenvalue weighted by molar-refractivity contribution is 0.0199. The summed E-state index contributed by atoms with van der Waals surface area (Å²) in [4.78, 5) is 26.1. The Morgan fingerprint density at radius 1 is 1.15 bits per heavy atom. The highest BCUT2D eigenvalue weighted by molar-refractivity contribution is 7.89. The molecule has 0 aliphatic carbocycles. The highest BCUT2D eigenvalue weighted by atomic mass is 32.2. The molecule has 1 aromatic carbocycles. The van der Waals surface area contributed by atoms with E-state index < -0.39 is 15.4 Å². The molecule has 0 bridgehead atoms. The van der Waals surface area contributed by atoms with Crippen LogP contribution < -0.4 is 5.32 Å². The maximum atomic E-state index is 12.4. The van der Waals surface area contributed by atoms with Crippen molar-refractivity contribution in [1.82, 2.24) is 10.2 Å². The van der Waals surface area contributed by atoms with Gasteiger partial charge in [-0.3, -0.25) is 4.79 Å². The van der Waals surface area contributed by atoms with E-state index in [1.54, 1.807) is 29.2 Å². The Balaban J connectivity index is 1.84. The quantitative estimate of drug-likeness (QED) is 0.843. The first-order chi connectivity index (χ1) is 12.4. The summed E-state index contributed by atoms with van der Waals surface area (Å²) < 4.78 is 28.0. The van der Waals surface area contributed by atoms with Crippen molar-refractivity contribution in [3.8, 4) is 0 Å². The van der Waals surface area contributed by atoms with Gasteiger partial charge in [0, 0.05) is 31.0 Å². The molecule has 1 N–H and O–H groups in total. The van der Waals surface area contributed by atoms with Gasteiger partial charge in [0.2, 0.25) is 0 Å². The molecule has 1 aliphatic rings. The van der Waals surface area contributed by atoms with Crippen molar-refractivity contribution in [3.05, 3.63) is 35.4 Å². The number of carbonyl (C=O) groups is 2. The highest BCUT2D eigenvalue weighted by Gasteiger charge is 2.27. The Morgan fingerprint density at radius 2 is 1.70 bits per heavy atom. The lowest BCUT2D eigenvalue weighted by Gasteiger charge is -2.33. The van der Waals surface area contributed by atoms with Gasteiger partial charge >= 0.3 is 6.09 Å². The number of hydrogen-bond acceptors (Lipinski definition) is 5. The molecule has 8 heteroatoms. The molecule has 1 fully saturated rings. The zero-order chi connectivity index (χ0) is 20.2. The van der Waals surface area contributed by atoms with Crippen LogP contribution in [0.1, 0.15) is 49.5 Å². The molecular weight excluding hydrogens is 368 g/mol. The Kier molecular flexibility index (Phi) is 6.51. The molecule has 2 amide bonds. The summed E-state index contributed by atoms with van der Waals surface area (Å²) in [6.07, 6.45) is 2.18. The van der Waals surface area contributed by atoms with Gasteiger partial charge in [-0.15, -0.1) is 0 Å². The monoisotopic (exact) mass is 396 g/mol. The second-order valence-electron chi connectivity index (χ2n) is 7.98. The summed E-state index contributed by atoms with van der Waals surface area (Å²) in [5.74, 6) is -0.241. The molecule has 0 aromatic heterocycles. The number of rotatable bonds is 4. The van der Waals surface area contributed by atoms with Crippen molar-refractivity contribution < 1.29 is 22.7 Å². The molecule has 2 rings (SSSR count). The van der Waals surface area contributed by atoms with Gasteiger partial charge in [0.1, 0.15) is 5.60 Å². The number of piperidine rings is 1. The van der Waals surface area contributed by atoms with Crippen LogP contribution in [0.15, 0.2) is 24.3 Å². The largest absolute Gasteiger partial charge is 0.444 e. The summed E-state index contributed by atoms with van der Waals surface area (Å²) >= 11 is 0. The number of benzene rings is 1. The van der Waals surface area contributed by atoms with E-state index in [1.807, 2.05) is 20.8 Å². The molecule has 1 aliphatic heterocycles. The van der Waals surface area contributed by atoms with Crippen molar-refractivity contribution in [2.45, 2.75) is 51.0 Å². The van der Waals surface area contributed by atoms with E-state index in [2.05, 4.69) is 5.32 Å². The van der Waals surface area contributed by atoms with Crippen molar-refractivity contribution in [2.24, 2.45) is 0 Å². The van der Waals surface area contributed by atoms with Gasteiger partial charge in [0.25, 0.3) is 5.91 Å². The minimum atomic E-state index is -3.10. The summed E-state index contributed by atoms with van der Waals surface area (Å²) in [7, 11) is -3.10. The van der Waals surface area contributed by atoms with Gasteiger partial charge < -0.3 is 15.0 Å². The minimum Gasteiger partial charge on any atom is -0.444 e. The fourth-order valence-corrected chi connectivity index (χ4v) is 3.65. The Morgan fingerprint density at radius 3 is 2.19 bits per heavy atom. The molecule has 0 spiro atoms. The van der Waals surface area contributed by atoms with E-state index >= 15 is 0 Å². The average Bonchev–Trinajstić information content (AvgIpc) is 2.53. The lowest BCUT2D eigenvalue weighted by Crippen LogP contribution is -2.47. The first-order valence-corrected chi connectivity index (χ1v) is 11.0. The number of nitrogens with one attached hydrogen (secondary N) is 1. The SMILES string of the molecule is CC(C)(C)OC(=O)N1CCC(NC(=O)c2ccc(CS(C)(=O)=O)cc2)CC1. The smallest absolute Gasteiger partial charge is 0.410 e. The fourth-order valence-electron chi connectivity index (χ4n) is 2.86. The van der Waals surface area contributed by atoms with Gasteiger partial charge in [-0.1, -0.05) is 12.1 Å². The number of hydrogen-bond donors (Lipinski definition) is 1. The zero-order valence-corrected chi connectivity index (χ0v) is 17.1. The number of nitrogens with zero attached hydrogens (tertiary/aromatic N) is 1. The summed E-state index contributed by atoms with van der Waals surface area (Å²) in [6, 6.07) is 6.56. The molecule has 1 aromatic rings. The number of amides is 2. The number of ether oxygens (including phenoxy) is 1. The highest BCUT2D eigenvalue weighted by Crippen LogP contribution is 2.16. The van der Waals surface area contributed by atoms with Crippen LogP contribution in [0.4, 0.5) is 4.79 Å². The lowest BCUT2D eigenvalue weighted by atomic mass is 10.0. The van der Waals surface area contributed by atoms with Crippen molar-refractivity contribution in [3.63, 3.8) is 0 Å². The summed E-state index contributed by atoms with van der Waals surface area (Å²) in [5.41, 5.74) is 0.618. The van der Waals surface area contributed by atoms with Crippen molar-refractivity contribution >= 4 is 21.8 Å². The van der Waals surface area contributed by atoms with Crippen LogP contribution in [0.2, 0.25) is 0 Å². The van der Waals surface area contributed by atoms with Gasteiger partial charge in [0.05, 0.1) is 5.75 Å². The van der Waals surface area contributed by atoms with Gasteiger partial charge in [-0.25, -0.2) is 13.2 Å². The van der Waals surface area contributed by atoms with Crippen molar-refractivity contribution in [2.75, 3.05) is 19.3 Å². The molecule has 0 radical (unpaired) electrons. The molecule has 0 saturated carbocycles. The number of likely N-dealkylation sites (tertiary alicyclic amines) is 1. The Labute approximate surface area is 161 Å². The Hall–Kier alpha value is -2.09. The number of sulfone groups is 1. The van der Waals surface area contributed by atoms with E-state index in [4.69, 9.17) is 4.74 Å². The van der Waals surface area contributed by atoms with E-state index in [1.165, 1.54) is 6.26 Å². The average molecular weight is 397 g/mol. The molecule has 0 atom stereocenters. The first-order valence-electron chi connectivity index (χ1n) is 8.98. The third-order valence-corrected chi connectivity index (χ3v) is 4.98. The molecule has 0 unspecified atom stereocenters. The maximum absolute atomic E-state index is 12.4. The van der Waals surface area contributed by atoms with E-state index in [0.29, 0.717) is 37.1 Å².